The standard InChI is InChI=1S/C26H20BrNO6/c1-32-19-4-2-3-16(13-19)23-22(24(29)15-5-7-17(27)8-6-15)25(30)26(31)28(23)18-9-10-20-21(14-18)34-12-11-33-20/h2-10,13-14,23,29H,11-12H2,1H3/b24-22+. The molecule has 1 amide bonds. The highest BCUT2D eigenvalue weighted by Crippen LogP contribution is 2.45. The number of amides is 1. The number of hydrogen-bond acceptors (Lipinski definition) is 6. The summed E-state index contributed by atoms with van der Waals surface area (Å²) in [5, 5.41) is 11.2. The Hall–Kier alpha value is -3.78. The van der Waals surface area contributed by atoms with Crippen LogP contribution < -0.4 is 19.1 Å². The van der Waals surface area contributed by atoms with Crippen LogP contribution >= 0.6 is 15.9 Å². The fourth-order valence-electron chi connectivity index (χ4n) is 4.17. The van der Waals surface area contributed by atoms with Crippen LogP contribution in [0.5, 0.6) is 17.2 Å². The van der Waals surface area contributed by atoms with Crippen LogP contribution in [0.15, 0.2) is 76.8 Å². The Morgan fingerprint density at radius 3 is 2.47 bits per heavy atom. The molecule has 2 aliphatic heterocycles. The summed E-state index contributed by atoms with van der Waals surface area (Å²) in [6.07, 6.45) is 0. The van der Waals surface area contributed by atoms with Crippen molar-refractivity contribution in [2.24, 2.45) is 0 Å². The molecule has 5 rings (SSSR count). The van der Waals surface area contributed by atoms with E-state index >= 15 is 0 Å². The number of carbonyl (C=O) groups excluding carboxylic acids is 2. The number of hydrogen-bond donors (Lipinski definition) is 1. The maximum absolute atomic E-state index is 13.3. The normalized spacial score (nSPS) is 18.8. The minimum absolute atomic E-state index is 0.00420. The molecule has 1 fully saturated rings. The van der Waals surface area contributed by atoms with Crippen molar-refractivity contribution < 1.29 is 28.9 Å². The number of aliphatic hydroxyl groups excluding tert-OH is 1. The van der Waals surface area contributed by atoms with E-state index in [-0.39, 0.29) is 11.3 Å². The third-order valence-electron chi connectivity index (χ3n) is 5.78. The van der Waals surface area contributed by atoms with Crippen LogP contribution in [0.2, 0.25) is 0 Å². The molecular formula is C26H20BrNO6. The highest BCUT2D eigenvalue weighted by Gasteiger charge is 2.47. The zero-order valence-corrected chi connectivity index (χ0v) is 19.7. The molecule has 1 N–H and O–H groups in total. The van der Waals surface area contributed by atoms with E-state index in [1.807, 2.05) is 0 Å². The van der Waals surface area contributed by atoms with Gasteiger partial charge in [-0.15, -0.1) is 0 Å². The monoisotopic (exact) mass is 521 g/mol. The maximum Gasteiger partial charge on any atom is 0.300 e. The minimum Gasteiger partial charge on any atom is -0.507 e. The second-order valence-corrected chi connectivity index (χ2v) is 8.70. The van der Waals surface area contributed by atoms with Crippen LogP contribution in [0.25, 0.3) is 5.76 Å². The first-order valence-electron chi connectivity index (χ1n) is 10.6. The number of Topliss-reactive ketones (excluding diaryl/α,β-unsaturated/α-hetero) is 1. The Kier molecular flexibility index (Phi) is 5.75. The maximum atomic E-state index is 13.3. The quantitative estimate of drug-likeness (QED) is 0.300. The average Bonchev–Trinajstić information content (AvgIpc) is 3.14. The van der Waals surface area contributed by atoms with E-state index in [0.29, 0.717) is 47.3 Å². The summed E-state index contributed by atoms with van der Waals surface area (Å²) in [5.41, 5.74) is 1.49. The molecule has 0 aromatic heterocycles. The largest absolute Gasteiger partial charge is 0.507 e. The van der Waals surface area contributed by atoms with Crippen molar-refractivity contribution >= 4 is 39.1 Å². The number of anilines is 1. The second kappa shape index (κ2) is 8.87. The van der Waals surface area contributed by atoms with E-state index in [4.69, 9.17) is 14.2 Å². The summed E-state index contributed by atoms with van der Waals surface area (Å²) >= 11 is 3.37. The van der Waals surface area contributed by atoms with Crippen molar-refractivity contribution in [2.45, 2.75) is 6.04 Å². The first-order chi connectivity index (χ1) is 16.5. The number of fused-ring (bicyclic) bond motifs is 1. The van der Waals surface area contributed by atoms with Gasteiger partial charge in [0.05, 0.1) is 18.7 Å². The molecule has 1 unspecified atom stereocenters. The van der Waals surface area contributed by atoms with Gasteiger partial charge in [0.25, 0.3) is 11.7 Å². The fourth-order valence-corrected chi connectivity index (χ4v) is 4.44. The van der Waals surface area contributed by atoms with Crippen molar-refractivity contribution in [3.63, 3.8) is 0 Å². The predicted molar refractivity (Wildman–Crippen MR) is 129 cm³/mol. The molecule has 8 heteroatoms. The van der Waals surface area contributed by atoms with Crippen LogP contribution in [0.1, 0.15) is 17.2 Å². The highest BCUT2D eigenvalue weighted by atomic mass is 79.9. The van der Waals surface area contributed by atoms with Gasteiger partial charge in [-0.1, -0.05) is 40.2 Å². The van der Waals surface area contributed by atoms with Gasteiger partial charge in [-0.2, -0.15) is 0 Å². The summed E-state index contributed by atoms with van der Waals surface area (Å²) < 4.78 is 17.5. The number of carbonyl (C=O) groups is 2. The van der Waals surface area contributed by atoms with Crippen molar-refractivity contribution in [1.82, 2.24) is 0 Å². The minimum atomic E-state index is -0.874. The van der Waals surface area contributed by atoms with Gasteiger partial charge in [0.1, 0.15) is 24.7 Å². The van der Waals surface area contributed by atoms with Crippen molar-refractivity contribution in [3.8, 4) is 17.2 Å². The van der Waals surface area contributed by atoms with Gasteiger partial charge in [0.2, 0.25) is 0 Å². The van der Waals surface area contributed by atoms with Gasteiger partial charge in [-0.25, -0.2) is 0 Å². The van der Waals surface area contributed by atoms with Gasteiger partial charge in [0.15, 0.2) is 11.5 Å². The van der Waals surface area contributed by atoms with E-state index in [1.54, 1.807) is 73.8 Å². The van der Waals surface area contributed by atoms with E-state index in [2.05, 4.69) is 15.9 Å². The van der Waals surface area contributed by atoms with E-state index < -0.39 is 17.7 Å². The number of aliphatic hydroxyl groups is 1. The molecule has 2 aliphatic rings. The van der Waals surface area contributed by atoms with Crippen LogP contribution in [0, 0.1) is 0 Å². The lowest BCUT2D eigenvalue weighted by atomic mass is 9.95. The SMILES string of the molecule is COc1cccc(C2/C(=C(\O)c3ccc(Br)cc3)C(=O)C(=O)N2c2ccc3c(c2)OCCO3)c1. The molecule has 0 spiro atoms. The summed E-state index contributed by atoms with van der Waals surface area (Å²) in [7, 11) is 1.54. The first-order valence-corrected chi connectivity index (χ1v) is 11.4. The number of nitrogens with zero attached hydrogens (tertiary/aromatic N) is 1. The summed E-state index contributed by atoms with van der Waals surface area (Å²) in [5.74, 6) is -0.152. The zero-order valence-electron chi connectivity index (χ0n) is 18.2. The number of benzene rings is 3. The van der Waals surface area contributed by atoms with Gasteiger partial charge in [-0.3, -0.25) is 14.5 Å². The molecule has 1 atom stereocenters. The van der Waals surface area contributed by atoms with Crippen molar-refractivity contribution in [3.05, 3.63) is 87.9 Å². The molecule has 0 radical (unpaired) electrons. The third kappa shape index (κ3) is 3.80. The summed E-state index contributed by atoms with van der Waals surface area (Å²) in [6, 6.07) is 18.2. The Morgan fingerprint density at radius 1 is 1.00 bits per heavy atom. The molecule has 34 heavy (non-hydrogen) atoms. The van der Waals surface area contributed by atoms with Crippen LogP contribution in [0.4, 0.5) is 5.69 Å². The number of ketones is 1. The number of rotatable bonds is 4. The Bertz CT molecular complexity index is 1320. The predicted octanol–water partition coefficient (Wildman–Crippen LogP) is 4.86. The Labute approximate surface area is 204 Å². The molecule has 2 heterocycles. The van der Waals surface area contributed by atoms with E-state index in [1.165, 1.54) is 4.90 Å². The first kappa shape index (κ1) is 22.0. The smallest absolute Gasteiger partial charge is 0.300 e. The summed E-state index contributed by atoms with van der Waals surface area (Å²) in [4.78, 5) is 28.0. The topological polar surface area (TPSA) is 85.3 Å². The van der Waals surface area contributed by atoms with E-state index in [9.17, 15) is 14.7 Å². The van der Waals surface area contributed by atoms with Gasteiger partial charge in [-0.05, 0) is 42.0 Å². The molecule has 7 nitrogen and oxygen atoms in total. The molecule has 3 aromatic rings. The molecule has 0 saturated carbocycles. The highest BCUT2D eigenvalue weighted by molar-refractivity contribution is 9.10. The van der Waals surface area contributed by atoms with Crippen LogP contribution in [0.3, 0.4) is 0 Å². The molecule has 1 saturated heterocycles. The van der Waals surface area contributed by atoms with Gasteiger partial charge >= 0.3 is 0 Å². The average molecular weight is 522 g/mol. The molecule has 172 valence electrons. The second-order valence-electron chi connectivity index (χ2n) is 7.78. The van der Waals surface area contributed by atoms with E-state index in [0.717, 1.165) is 4.47 Å². The number of ether oxygens (including phenoxy) is 3. The molecular weight excluding hydrogens is 502 g/mol. The molecule has 3 aromatic carbocycles. The Morgan fingerprint density at radius 2 is 1.74 bits per heavy atom. The Balaban J connectivity index is 1.70. The molecule has 0 bridgehead atoms. The lowest BCUT2D eigenvalue weighted by molar-refractivity contribution is -0.132. The van der Waals surface area contributed by atoms with Crippen molar-refractivity contribution in [1.29, 1.82) is 0 Å². The van der Waals surface area contributed by atoms with Gasteiger partial charge in [0, 0.05) is 21.8 Å². The zero-order chi connectivity index (χ0) is 23.8. The third-order valence-corrected chi connectivity index (χ3v) is 6.30. The number of methoxy groups -OCH3 is 1. The van der Waals surface area contributed by atoms with Crippen LogP contribution in [-0.4, -0.2) is 37.1 Å². The van der Waals surface area contributed by atoms with Gasteiger partial charge < -0.3 is 19.3 Å². The lowest BCUT2D eigenvalue weighted by Gasteiger charge is -2.27. The molecule has 0 aliphatic carbocycles. The van der Waals surface area contributed by atoms with Crippen LogP contribution in [-0.2, 0) is 9.59 Å². The summed E-state index contributed by atoms with van der Waals surface area (Å²) in [6.45, 7) is 0.825. The fraction of sp³-hybridized carbons (Fsp3) is 0.154. The lowest BCUT2D eigenvalue weighted by Crippen LogP contribution is -2.29. The number of halogens is 1. The van der Waals surface area contributed by atoms with Crippen molar-refractivity contribution in [2.75, 3.05) is 25.2 Å².